The van der Waals surface area contributed by atoms with Gasteiger partial charge >= 0.3 is 0 Å². The molecule has 0 spiro atoms. The third-order valence-electron chi connectivity index (χ3n) is 3.43. The van der Waals surface area contributed by atoms with Crippen LogP contribution in [0.5, 0.6) is 0 Å². The van der Waals surface area contributed by atoms with Gasteiger partial charge in [0.2, 0.25) is 10.0 Å². The second-order valence-corrected chi connectivity index (χ2v) is 7.29. The molecule has 1 heterocycles. The number of piperazine rings is 1. The van der Waals surface area contributed by atoms with Gasteiger partial charge in [0.25, 0.3) is 0 Å². The summed E-state index contributed by atoms with van der Waals surface area (Å²) >= 11 is 5.05. The molecule has 8 heteroatoms. The number of hydrogen-bond donors (Lipinski definition) is 2. The van der Waals surface area contributed by atoms with Gasteiger partial charge in [0.05, 0.1) is 6.26 Å². The molecule has 1 aliphatic rings. The number of nitrogens with zero attached hydrogens (tertiary/aromatic N) is 2. The molecule has 21 heavy (non-hydrogen) atoms. The largest absolute Gasteiger partial charge is 0.369 e. The third-order valence-corrected chi connectivity index (χ3v) is 5.03. The lowest BCUT2D eigenvalue weighted by Gasteiger charge is -2.34. The van der Waals surface area contributed by atoms with Gasteiger partial charge in [-0.1, -0.05) is 0 Å². The highest BCUT2D eigenvalue weighted by atomic mass is 32.2. The van der Waals surface area contributed by atoms with Crippen molar-refractivity contribution in [3.63, 3.8) is 0 Å². The van der Waals surface area contributed by atoms with Gasteiger partial charge in [-0.25, -0.2) is 8.42 Å². The molecule has 0 radical (unpaired) electrons. The van der Waals surface area contributed by atoms with Crippen LogP contribution in [0.25, 0.3) is 0 Å². The van der Waals surface area contributed by atoms with E-state index in [-0.39, 0.29) is 0 Å². The molecule has 1 aromatic rings. The summed E-state index contributed by atoms with van der Waals surface area (Å²) in [5.41, 5.74) is 2.01. The molecule has 0 aliphatic carbocycles. The van der Waals surface area contributed by atoms with E-state index in [4.69, 9.17) is 12.2 Å². The Morgan fingerprint density at radius 1 is 1.14 bits per heavy atom. The Morgan fingerprint density at radius 3 is 2.19 bits per heavy atom. The van der Waals surface area contributed by atoms with E-state index >= 15 is 0 Å². The first kappa shape index (κ1) is 16.0. The highest BCUT2D eigenvalue weighted by Gasteiger charge is 2.23. The minimum atomic E-state index is -3.08. The summed E-state index contributed by atoms with van der Waals surface area (Å²) in [7, 11) is -1.31. The highest BCUT2D eigenvalue weighted by Crippen LogP contribution is 2.20. The Balaban J connectivity index is 1.96. The number of anilines is 2. The Labute approximate surface area is 131 Å². The highest BCUT2D eigenvalue weighted by molar-refractivity contribution is 7.88. The van der Waals surface area contributed by atoms with Crippen LogP contribution in [0.4, 0.5) is 11.4 Å². The molecule has 0 aromatic heterocycles. The van der Waals surface area contributed by atoms with Crippen molar-refractivity contribution in [1.82, 2.24) is 9.62 Å². The van der Waals surface area contributed by atoms with Crippen molar-refractivity contribution in [2.24, 2.45) is 0 Å². The first-order chi connectivity index (χ1) is 9.90. The van der Waals surface area contributed by atoms with Crippen LogP contribution in [0, 0.1) is 0 Å². The molecule has 0 unspecified atom stereocenters. The summed E-state index contributed by atoms with van der Waals surface area (Å²) in [4.78, 5) is 2.18. The maximum Gasteiger partial charge on any atom is 0.211 e. The van der Waals surface area contributed by atoms with Gasteiger partial charge < -0.3 is 15.5 Å². The Kier molecular flexibility index (Phi) is 5.02. The van der Waals surface area contributed by atoms with Crippen molar-refractivity contribution >= 4 is 38.7 Å². The van der Waals surface area contributed by atoms with Crippen LogP contribution in [-0.2, 0) is 10.0 Å². The lowest BCUT2D eigenvalue weighted by Crippen LogP contribution is -2.48. The normalized spacial score (nSPS) is 16.6. The van der Waals surface area contributed by atoms with E-state index in [1.807, 2.05) is 24.3 Å². The lowest BCUT2D eigenvalue weighted by atomic mass is 10.2. The maximum absolute atomic E-state index is 11.5. The van der Waals surface area contributed by atoms with Crippen molar-refractivity contribution in [2.45, 2.75) is 0 Å². The number of hydrogen-bond acceptors (Lipinski definition) is 4. The Morgan fingerprint density at radius 2 is 1.71 bits per heavy atom. The summed E-state index contributed by atoms with van der Waals surface area (Å²) in [5.74, 6) is 0. The monoisotopic (exact) mass is 328 g/mol. The minimum absolute atomic E-state index is 0.530. The number of sulfonamides is 1. The Hall–Kier alpha value is -1.38. The zero-order valence-corrected chi connectivity index (χ0v) is 13.8. The van der Waals surface area contributed by atoms with Crippen LogP contribution in [-0.4, -0.2) is 57.3 Å². The summed E-state index contributed by atoms with van der Waals surface area (Å²) < 4.78 is 24.5. The molecule has 1 aromatic carbocycles. The van der Waals surface area contributed by atoms with Gasteiger partial charge in [-0.2, -0.15) is 4.31 Å². The number of nitrogens with one attached hydrogen (secondary N) is 2. The van der Waals surface area contributed by atoms with Crippen LogP contribution in [0.1, 0.15) is 0 Å². The standard InChI is InChI=1S/C13H20N4O2S2/c1-14-13(20)15-11-3-5-12(6-4-11)16-7-9-17(10-8-16)21(2,18)19/h3-6H,7-10H2,1-2H3,(H2,14,15,20). The summed E-state index contributed by atoms with van der Waals surface area (Å²) in [6.45, 7) is 2.47. The van der Waals surface area contributed by atoms with E-state index in [0.717, 1.165) is 11.4 Å². The van der Waals surface area contributed by atoms with Crippen LogP contribution in [0.3, 0.4) is 0 Å². The van der Waals surface area contributed by atoms with E-state index in [9.17, 15) is 8.42 Å². The molecule has 1 fully saturated rings. The predicted octanol–water partition coefficient (Wildman–Crippen LogP) is 0.684. The van der Waals surface area contributed by atoms with Gasteiger partial charge in [0, 0.05) is 44.6 Å². The quantitative estimate of drug-likeness (QED) is 0.796. The molecular formula is C13H20N4O2S2. The van der Waals surface area contributed by atoms with Gasteiger partial charge in [0.1, 0.15) is 0 Å². The van der Waals surface area contributed by atoms with Crippen LogP contribution in [0.15, 0.2) is 24.3 Å². The topological polar surface area (TPSA) is 64.7 Å². The molecule has 0 atom stereocenters. The first-order valence-corrected chi connectivity index (χ1v) is 8.94. The fourth-order valence-electron chi connectivity index (χ4n) is 2.23. The lowest BCUT2D eigenvalue weighted by molar-refractivity contribution is 0.388. The molecule has 2 N–H and O–H groups in total. The summed E-state index contributed by atoms with van der Waals surface area (Å²) in [5, 5.41) is 6.49. The minimum Gasteiger partial charge on any atom is -0.369 e. The average molecular weight is 328 g/mol. The number of benzene rings is 1. The molecule has 0 bridgehead atoms. The molecule has 2 rings (SSSR count). The summed E-state index contributed by atoms with van der Waals surface area (Å²) in [6, 6.07) is 7.94. The van der Waals surface area contributed by atoms with E-state index in [2.05, 4.69) is 15.5 Å². The molecule has 116 valence electrons. The predicted molar refractivity (Wildman–Crippen MR) is 90.4 cm³/mol. The zero-order chi connectivity index (χ0) is 15.5. The van der Waals surface area contributed by atoms with Gasteiger partial charge in [-0.15, -0.1) is 0 Å². The summed E-state index contributed by atoms with van der Waals surface area (Å²) in [6.07, 6.45) is 1.26. The second-order valence-electron chi connectivity index (χ2n) is 4.90. The van der Waals surface area contributed by atoms with Crippen LogP contribution in [0.2, 0.25) is 0 Å². The van der Waals surface area contributed by atoms with Gasteiger partial charge in [-0.3, -0.25) is 0 Å². The maximum atomic E-state index is 11.5. The Bertz CT molecular complexity index is 593. The van der Waals surface area contributed by atoms with Crippen LogP contribution >= 0.6 is 12.2 Å². The molecular weight excluding hydrogens is 308 g/mol. The zero-order valence-electron chi connectivity index (χ0n) is 12.2. The number of rotatable bonds is 3. The molecule has 1 saturated heterocycles. The fourth-order valence-corrected chi connectivity index (χ4v) is 3.17. The smallest absolute Gasteiger partial charge is 0.211 e. The fraction of sp³-hybridized carbons (Fsp3) is 0.462. The molecule has 1 aliphatic heterocycles. The second kappa shape index (κ2) is 6.59. The van der Waals surface area contributed by atoms with Crippen molar-refractivity contribution in [3.05, 3.63) is 24.3 Å². The van der Waals surface area contributed by atoms with Gasteiger partial charge in [0.15, 0.2) is 5.11 Å². The third kappa shape index (κ3) is 4.29. The van der Waals surface area contributed by atoms with Crippen molar-refractivity contribution in [1.29, 1.82) is 0 Å². The van der Waals surface area contributed by atoms with E-state index in [1.54, 1.807) is 7.05 Å². The van der Waals surface area contributed by atoms with Gasteiger partial charge in [-0.05, 0) is 36.5 Å². The van der Waals surface area contributed by atoms with Crippen molar-refractivity contribution in [3.8, 4) is 0 Å². The first-order valence-electron chi connectivity index (χ1n) is 6.69. The van der Waals surface area contributed by atoms with E-state index in [0.29, 0.717) is 31.3 Å². The van der Waals surface area contributed by atoms with E-state index < -0.39 is 10.0 Å². The van der Waals surface area contributed by atoms with Crippen LogP contribution < -0.4 is 15.5 Å². The molecule has 6 nitrogen and oxygen atoms in total. The number of thiocarbonyl (C=S) groups is 1. The molecule has 0 saturated carbocycles. The molecule has 0 amide bonds. The van der Waals surface area contributed by atoms with Crippen molar-refractivity contribution in [2.75, 3.05) is 49.7 Å². The average Bonchev–Trinajstić information content (AvgIpc) is 2.47. The van der Waals surface area contributed by atoms with Crippen molar-refractivity contribution < 1.29 is 8.42 Å². The SMILES string of the molecule is CNC(=S)Nc1ccc(N2CCN(S(C)(=O)=O)CC2)cc1. The van der Waals surface area contributed by atoms with E-state index in [1.165, 1.54) is 10.6 Å².